The molecule has 1 aliphatic rings. The van der Waals surface area contributed by atoms with Gasteiger partial charge >= 0.3 is 0 Å². The van der Waals surface area contributed by atoms with Crippen LogP contribution in [0.15, 0.2) is 0 Å². The Hall–Kier alpha value is -0.0800. The van der Waals surface area contributed by atoms with Crippen LogP contribution in [-0.4, -0.2) is 24.3 Å². The number of β-amino-alcohol motifs (C(OH)–C–C–N with tert-alkyl or cyclic N) is 1. The summed E-state index contributed by atoms with van der Waals surface area (Å²) in [7, 11) is 0. The molecule has 1 aliphatic heterocycles. The Morgan fingerprint density at radius 2 is 1.56 bits per heavy atom. The van der Waals surface area contributed by atoms with E-state index >= 15 is 0 Å². The highest BCUT2D eigenvalue weighted by Gasteiger charge is 2.10. The molecule has 0 aromatic heterocycles. The van der Waals surface area contributed by atoms with Crippen LogP contribution in [0, 0.1) is 5.92 Å². The lowest BCUT2D eigenvalue weighted by Crippen LogP contribution is -2.46. The molecule has 56 valence electrons. The second-order valence-corrected chi connectivity index (χ2v) is 3.04. The first kappa shape index (κ1) is 8.92. The van der Waals surface area contributed by atoms with Crippen molar-refractivity contribution in [2.75, 3.05) is 13.1 Å². The van der Waals surface area contributed by atoms with E-state index in [0.29, 0.717) is 0 Å². The zero-order valence-electron chi connectivity index (χ0n) is 6.52. The third-order valence-corrected chi connectivity index (χ3v) is 0.760. The predicted octanol–water partition coefficient (Wildman–Crippen LogP) is 0.613. The van der Waals surface area contributed by atoms with Crippen LogP contribution in [0.25, 0.3) is 0 Å². The summed E-state index contributed by atoms with van der Waals surface area (Å²) in [6.45, 7) is 8.08. The van der Waals surface area contributed by atoms with E-state index in [-0.39, 0.29) is 6.10 Å². The molecule has 0 spiro atoms. The quantitative estimate of drug-likeness (QED) is 0.505. The van der Waals surface area contributed by atoms with Crippen molar-refractivity contribution < 1.29 is 5.11 Å². The van der Waals surface area contributed by atoms with E-state index in [1.54, 1.807) is 0 Å². The van der Waals surface area contributed by atoms with Gasteiger partial charge in [0.25, 0.3) is 0 Å². The van der Waals surface area contributed by atoms with Crippen LogP contribution >= 0.6 is 0 Å². The predicted molar refractivity (Wildman–Crippen MR) is 39.4 cm³/mol. The molecule has 1 saturated heterocycles. The van der Waals surface area contributed by atoms with Gasteiger partial charge in [-0.15, -0.1) is 0 Å². The average molecular weight is 131 g/mol. The van der Waals surface area contributed by atoms with E-state index in [4.69, 9.17) is 5.11 Å². The normalized spacial score (nSPS) is 18.3. The van der Waals surface area contributed by atoms with E-state index < -0.39 is 0 Å². The monoisotopic (exact) mass is 131 g/mol. The molecule has 9 heavy (non-hydrogen) atoms. The van der Waals surface area contributed by atoms with Crippen molar-refractivity contribution in [1.29, 1.82) is 0 Å². The largest absolute Gasteiger partial charge is 0.390 e. The molecule has 0 aromatic rings. The van der Waals surface area contributed by atoms with Gasteiger partial charge in [-0.2, -0.15) is 0 Å². The van der Waals surface area contributed by atoms with Crippen LogP contribution in [0.4, 0.5) is 0 Å². The van der Waals surface area contributed by atoms with Crippen molar-refractivity contribution in [3.8, 4) is 0 Å². The minimum Gasteiger partial charge on any atom is -0.390 e. The second kappa shape index (κ2) is 4.77. The maximum absolute atomic E-state index is 8.39. The van der Waals surface area contributed by atoms with Crippen molar-refractivity contribution in [3.63, 3.8) is 0 Å². The van der Waals surface area contributed by atoms with Crippen LogP contribution in [0.1, 0.15) is 20.8 Å². The average Bonchev–Trinajstić information content (AvgIpc) is 1.59. The summed E-state index contributed by atoms with van der Waals surface area (Å²) in [4.78, 5) is 0. The molecule has 2 nitrogen and oxygen atoms in total. The van der Waals surface area contributed by atoms with Crippen molar-refractivity contribution in [2.24, 2.45) is 5.92 Å². The molecule has 0 radical (unpaired) electrons. The Labute approximate surface area is 57.3 Å². The van der Waals surface area contributed by atoms with Gasteiger partial charge in [-0.3, -0.25) is 0 Å². The lowest BCUT2D eigenvalue weighted by atomic mass is 10.2. The van der Waals surface area contributed by atoms with Gasteiger partial charge in [-0.1, -0.05) is 20.8 Å². The van der Waals surface area contributed by atoms with Crippen molar-refractivity contribution >= 4 is 0 Å². The van der Waals surface area contributed by atoms with Crippen LogP contribution < -0.4 is 5.32 Å². The number of rotatable bonds is 0. The molecule has 0 bridgehead atoms. The summed E-state index contributed by atoms with van der Waals surface area (Å²) >= 11 is 0. The molecule has 0 aromatic carbocycles. The van der Waals surface area contributed by atoms with Crippen LogP contribution in [-0.2, 0) is 0 Å². The first-order valence-electron chi connectivity index (χ1n) is 3.51. The highest BCUT2D eigenvalue weighted by Crippen LogP contribution is 1.85. The molecule has 1 heterocycles. The Bertz CT molecular complexity index is 57.2. The SMILES string of the molecule is CC(C)C.OC1CNC1. The van der Waals surface area contributed by atoms with E-state index in [2.05, 4.69) is 26.1 Å². The smallest absolute Gasteiger partial charge is 0.0788 e. The standard InChI is InChI=1S/C4H10.C3H7NO/c1-4(2)3;5-3-1-4-2-3/h4H,1-3H3;3-5H,1-2H2. The maximum Gasteiger partial charge on any atom is 0.0788 e. The van der Waals surface area contributed by atoms with Crippen LogP contribution in [0.5, 0.6) is 0 Å². The molecule has 2 N–H and O–H groups in total. The van der Waals surface area contributed by atoms with Gasteiger partial charge < -0.3 is 10.4 Å². The van der Waals surface area contributed by atoms with Crippen molar-refractivity contribution in [1.82, 2.24) is 5.32 Å². The van der Waals surface area contributed by atoms with Gasteiger partial charge in [-0.25, -0.2) is 0 Å². The fourth-order valence-electron chi connectivity index (χ4n) is 0.273. The molecule has 0 atom stereocenters. The summed E-state index contributed by atoms with van der Waals surface area (Å²) in [6.07, 6.45) is -0.0463. The summed E-state index contributed by atoms with van der Waals surface area (Å²) < 4.78 is 0. The van der Waals surface area contributed by atoms with Crippen molar-refractivity contribution in [2.45, 2.75) is 26.9 Å². The van der Waals surface area contributed by atoms with E-state index in [0.717, 1.165) is 19.0 Å². The molecule has 1 fully saturated rings. The molecular weight excluding hydrogens is 114 g/mol. The van der Waals surface area contributed by atoms with Gasteiger partial charge in [0.2, 0.25) is 0 Å². The van der Waals surface area contributed by atoms with Gasteiger partial charge in [0.15, 0.2) is 0 Å². The molecule has 0 unspecified atom stereocenters. The lowest BCUT2D eigenvalue weighted by Gasteiger charge is -2.20. The Morgan fingerprint density at radius 3 is 1.56 bits per heavy atom. The third kappa shape index (κ3) is 7.92. The van der Waals surface area contributed by atoms with Gasteiger partial charge in [0.1, 0.15) is 0 Å². The first-order valence-corrected chi connectivity index (χ1v) is 3.51. The summed E-state index contributed by atoms with van der Waals surface area (Å²) in [6, 6.07) is 0. The Balaban J connectivity index is 0.000000148. The van der Waals surface area contributed by atoms with E-state index in [9.17, 15) is 0 Å². The number of hydrogen-bond acceptors (Lipinski definition) is 2. The van der Waals surface area contributed by atoms with Crippen LogP contribution in [0.2, 0.25) is 0 Å². The molecule has 2 heteroatoms. The second-order valence-electron chi connectivity index (χ2n) is 3.04. The third-order valence-electron chi connectivity index (χ3n) is 0.760. The summed E-state index contributed by atoms with van der Waals surface area (Å²) in [5, 5.41) is 11.3. The fraction of sp³-hybridized carbons (Fsp3) is 1.00. The zero-order chi connectivity index (χ0) is 7.28. The van der Waals surface area contributed by atoms with E-state index in [1.165, 1.54) is 0 Å². The number of aliphatic hydroxyl groups excluding tert-OH is 1. The van der Waals surface area contributed by atoms with Gasteiger partial charge in [-0.05, 0) is 5.92 Å². The highest BCUT2D eigenvalue weighted by atomic mass is 16.3. The fourth-order valence-corrected chi connectivity index (χ4v) is 0.273. The molecule has 1 rings (SSSR count). The lowest BCUT2D eigenvalue weighted by molar-refractivity contribution is 0.117. The summed E-state index contributed by atoms with van der Waals surface area (Å²) in [5.41, 5.74) is 0. The highest BCUT2D eigenvalue weighted by molar-refractivity contribution is 4.71. The number of aliphatic hydroxyl groups is 1. The minimum absolute atomic E-state index is 0.0463. The Kier molecular flexibility index (Phi) is 4.72. The minimum atomic E-state index is -0.0463. The van der Waals surface area contributed by atoms with Crippen molar-refractivity contribution in [3.05, 3.63) is 0 Å². The van der Waals surface area contributed by atoms with Gasteiger partial charge in [0, 0.05) is 13.1 Å². The topological polar surface area (TPSA) is 32.3 Å². The Morgan fingerprint density at radius 1 is 1.33 bits per heavy atom. The molecular formula is C7H17NO. The molecule has 0 saturated carbocycles. The molecule has 0 amide bonds. The maximum atomic E-state index is 8.39. The van der Waals surface area contributed by atoms with Crippen LogP contribution in [0.3, 0.4) is 0 Å². The zero-order valence-corrected chi connectivity index (χ0v) is 6.52. The van der Waals surface area contributed by atoms with Gasteiger partial charge in [0.05, 0.1) is 6.10 Å². The molecule has 0 aliphatic carbocycles. The summed E-state index contributed by atoms with van der Waals surface area (Å²) in [5.74, 6) is 0.833. The first-order chi connectivity index (χ1) is 4.13. The number of hydrogen-bond donors (Lipinski definition) is 2. The van der Waals surface area contributed by atoms with E-state index in [1.807, 2.05) is 0 Å². The number of nitrogens with one attached hydrogen (secondary N) is 1.